The molecule has 0 aliphatic heterocycles. The number of hydrogen-bond acceptors (Lipinski definition) is 2. The minimum Gasteiger partial charge on any atom is -0.393 e. The lowest BCUT2D eigenvalue weighted by Gasteiger charge is -1.97. The SMILES string of the molecule is CC(O)CC1CC1=N. The van der Waals surface area contributed by atoms with Crippen LogP contribution in [0.25, 0.3) is 0 Å². The molecule has 0 bridgehead atoms. The molecule has 0 spiro atoms. The van der Waals surface area contributed by atoms with E-state index >= 15 is 0 Å². The van der Waals surface area contributed by atoms with Gasteiger partial charge >= 0.3 is 0 Å². The summed E-state index contributed by atoms with van der Waals surface area (Å²) in [5.74, 6) is 0.426. The van der Waals surface area contributed by atoms with E-state index in [0.717, 1.165) is 18.6 Å². The first-order valence-corrected chi connectivity index (χ1v) is 2.95. The molecule has 8 heavy (non-hydrogen) atoms. The molecule has 0 radical (unpaired) electrons. The summed E-state index contributed by atoms with van der Waals surface area (Å²) in [7, 11) is 0. The molecule has 0 aromatic heterocycles. The normalized spacial score (nSPS) is 30.2. The highest BCUT2D eigenvalue weighted by Gasteiger charge is 2.30. The van der Waals surface area contributed by atoms with Gasteiger partial charge in [-0.2, -0.15) is 0 Å². The van der Waals surface area contributed by atoms with Crippen molar-refractivity contribution in [2.45, 2.75) is 25.9 Å². The van der Waals surface area contributed by atoms with Crippen LogP contribution in [0.2, 0.25) is 0 Å². The van der Waals surface area contributed by atoms with Gasteiger partial charge in [0.2, 0.25) is 0 Å². The maximum absolute atomic E-state index is 8.78. The molecule has 46 valence electrons. The Morgan fingerprint density at radius 2 is 2.50 bits per heavy atom. The van der Waals surface area contributed by atoms with Crippen molar-refractivity contribution in [3.63, 3.8) is 0 Å². The van der Waals surface area contributed by atoms with Crippen molar-refractivity contribution in [3.8, 4) is 0 Å². The van der Waals surface area contributed by atoms with E-state index in [1.165, 1.54) is 0 Å². The van der Waals surface area contributed by atoms with Crippen molar-refractivity contribution in [2.24, 2.45) is 5.92 Å². The average Bonchev–Trinajstić information content (AvgIpc) is 2.17. The Bertz CT molecular complexity index is 109. The van der Waals surface area contributed by atoms with E-state index in [4.69, 9.17) is 10.5 Å². The third kappa shape index (κ3) is 1.30. The fourth-order valence-electron chi connectivity index (χ4n) is 0.844. The molecular formula is C6H11NO. The molecule has 1 fully saturated rings. The van der Waals surface area contributed by atoms with Crippen molar-refractivity contribution in [3.05, 3.63) is 0 Å². The van der Waals surface area contributed by atoms with E-state index in [2.05, 4.69) is 0 Å². The maximum Gasteiger partial charge on any atom is 0.0518 e. The van der Waals surface area contributed by atoms with Crippen molar-refractivity contribution in [2.75, 3.05) is 0 Å². The molecule has 0 amide bonds. The van der Waals surface area contributed by atoms with Crippen LogP contribution in [0.3, 0.4) is 0 Å². The lowest BCUT2D eigenvalue weighted by atomic mass is 10.2. The molecule has 0 aromatic carbocycles. The van der Waals surface area contributed by atoms with Gasteiger partial charge in [-0.25, -0.2) is 0 Å². The summed E-state index contributed by atoms with van der Waals surface area (Å²) in [6, 6.07) is 0. The zero-order valence-electron chi connectivity index (χ0n) is 5.02. The van der Waals surface area contributed by atoms with Gasteiger partial charge in [0, 0.05) is 11.6 Å². The molecule has 0 saturated heterocycles. The Morgan fingerprint density at radius 1 is 2.00 bits per heavy atom. The van der Waals surface area contributed by atoms with Gasteiger partial charge in [-0.3, -0.25) is 0 Å². The van der Waals surface area contributed by atoms with Crippen LogP contribution in [0.1, 0.15) is 19.8 Å². The number of hydrogen-bond donors (Lipinski definition) is 2. The van der Waals surface area contributed by atoms with Crippen LogP contribution in [0.15, 0.2) is 0 Å². The van der Waals surface area contributed by atoms with Crippen LogP contribution in [-0.2, 0) is 0 Å². The summed E-state index contributed by atoms with van der Waals surface area (Å²) >= 11 is 0. The summed E-state index contributed by atoms with van der Waals surface area (Å²) in [6.07, 6.45) is 1.49. The number of aliphatic hydroxyl groups is 1. The van der Waals surface area contributed by atoms with Crippen molar-refractivity contribution in [1.82, 2.24) is 0 Å². The lowest BCUT2D eigenvalue weighted by Crippen LogP contribution is -2.00. The standard InChI is InChI=1S/C6H11NO/c1-4(8)2-5-3-6(5)7/h4-5,7-8H,2-3H2,1H3. The molecule has 2 N–H and O–H groups in total. The van der Waals surface area contributed by atoms with E-state index in [0.29, 0.717) is 5.92 Å². The quantitative estimate of drug-likeness (QED) is 0.546. The van der Waals surface area contributed by atoms with Gasteiger partial charge in [-0.1, -0.05) is 0 Å². The Hall–Kier alpha value is -0.370. The zero-order chi connectivity index (χ0) is 6.15. The second-order valence-electron chi connectivity index (χ2n) is 2.51. The van der Waals surface area contributed by atoms with Gasteiger partial charge < -0.3 is 10.5 Å². The molecule has 1 aliphatic rings. The van der Waals surface area contributed by atoms with Crippen molar-refractivity contribution in [1.29, 1.82) is 5.41 Å². The number of nitrogens with one attached hydrogen (secondary N) is 1. The first-order valence-electron chi connectivity index (χ1n) is 2.95. The molecule has 0 heterocycles. The van der Waals surface area contributed by atoms with Crippen LogP contribution in [0.5, 0.6) is 0 Å². The summed E-state index contributed by atoms with van der Waals surface area (Å²) in [4.78, 5) is 0. The van der Waals surface area contributed by atoms with E-state index in [-0.39, 0.29) is 6.10 Å². The first-order chi connectivity index (χ1) is 3.70. The van der Waals surface area contributed by atoms with E-state index in [1.54, 1.807) is 6.92 Å². The molecule has 1 saturated carbocycles. The van der Waals surface area contributed by atoms with Gasteiger partial charge in [-0.15, -0.1) is 0 Å². The molecule has 0 aromatic rings. The Kier molecular flexibility index (Phi) is 1.34. The van der Waals surface area contributed by atoms with E-state index in [9.17, 15) is 0 Å². The van der Waals surface area contributed by atoms with Crippen LogP contribution < -0.4 is 0 Å². The maximum atomic E-state index is 8.78. The second-order valence-corrected chi connectivity index (χ2v) is 2.51. The highest BCUT2D eigenvalue weighted by atomic mass is 16.3. The zero-order valence-corrected chi connectivity index (χ0v) is 5.02. The van der Waals surface area contributed by atoms with Crippen LogP contribution in [-0.4, -0.2) is 16.9 Å². The van der Waals surface area contributed by atoms with Crippen LogP contribution >= 0.6 is 0 Å². The van der Waals surface area contributed by atoms with Crippen molar-refractivity contribution >= 4 is 5.71 Å². The monoisotopic (exact) mass is 113 g/mol. The molecule has 2 atom stereocenters. The minimum atomic E-state index is -0.220. The lowest BCUT2D eigenvalue weighted by molar-refractivity contribution is 0.180. The Balaban J connectivity index is 2.13. The third-order valence-corrected chi connectivity index (χ3v) is 1.42. The topological polar surface area (TPSA) is 44.1 Å². The molecule has 2 nitrogen and oxygen atoms in total. The van der Waals surface area contributed by atoms with E-state index < -0.39 is 0 Å². The predicted molar refractivity (Wildman–Crippen MR) is 32.1 cm³/mol. The molecule has 2 unspecified atom stereocenters. The summed E-state index contributed by atoms with van der Waals surface area (Å²) in [6.45, 7) is 1.77. The Labute approximate surface area is 49.0 Å². The summed E-state index contributed by atoms with van der Waals surface area (Å²) in [5, 5.41) is 15.8. The van der Waals surface area contributed by atoms with E-state index in [1.807, 2.05) is 0 Å². The fraction of sp³-hybridized carbons (Fsp3) is 0.833. The molecular weight excluding hydrogens is 102 g/mol. The minimum absolute atomic E-state index is 0.220. The first kappa shape index (κ1) is 5.76. The van der Waals surface area contributed by atoms with Gasteiger partial charge in [0.15, 0.2) is 0 Å². The summed E-state index contributed by atoms with van der Waals surface area (Å²) < 4.78 is 0. The number of rotatable bonds is 2. The van der Waals surface area contributed by atoms with Gasteiger partial charge in [0.25, 0.3) is 0 Å². The molecule has 2 heteroatoms. The second kappa shape index (κ2) is 1.86. The Morgan fingerprint density at radius 3 is 2.62 bits per heavy atom. The van der Waals surface area contributed by atoms with Crippen LogP contribution in [0.4, 0.5) is 0 Å². The van der Waals surface area contributed by atoms with Gasteiger partial charge in [0.05, 0.1) is 6.10 Å². The van der Waals surface area contributed by atoms with Gasteiger partial charge in [-0.05, 0) is 19.8 Å². The third-order valence-electron chi connectivity index (χ3n) is 1.42. The fourth-order valence-corrected chi connectivity index (χ4v) is 0.844. The summed E-state index contributed by atoms with van der Waals surface area (Å²) in [5.41, 5.74) is 0.811. The highest BCUT2D eigenvalue weighted by Crippen LogP contribution is 2.28. The van der Waals surface area contributed by atoms with Crippen molar-refractivity contribution < 1.29 is 5.11 Å². The molecule has 1 rings (SSSR count). The van der Waals surface area contributed by atoms with Crippen LogP contribution in [0, 0.1) is 11.3 Å². The number of aliphatic hydroxyl groups excluding tert-OH is 1. The highest BCUT2D eigenvalue weighted by molar-refractivity contribution is 5.98. The predicted octanol–water partition coefficient (Wildman–Crippen LogP) is 0.797. The average molecular weight is 113 g/mol. The molecule has 1 aliphatic carbocycles. The largest absolute Gasteiger partial charge is 0.393 e. The smallest absolute Gasteiger partial charge is 0.0518 e. The van der Waals surface area contributed by atoms with Gasteiger partial charge in [0.1, 0.15) is 0 Å².